The Bertz CT molecular complexity index is 593. The van der Waals surface area contributed by atoms with Crippen molar-refractivity contribution in [3.8, 4) is 6.07 Å². The molecule has 0 bridgehead atoms. The summed E-state index contributed by atoms with van der Waals surface area (Å²) in [5.74, 6) is 0.278. The largest absolute Gasteiger partial charge is 0.383 e. The van der Waals surface area contributed by atoms with Crippen molar-refractivity contribution >= 4 is 27.1 Å². The first-order valence-corrected chi connectivity index (χ1v) is 7.77. The van der Waals surface area contributed by atoms with Gasteiger partial charge in [0.15, 0.2) is 9.84 Å². The molecule has 96 valence electrons. The van der Waals surface area contributed by atoms with Crippen molar-refractivity contribution in [2.24, 2.45) is 0 Å². The quantitative estimate of drug-likeness (QED) is 0.924. The van der Waals surface area contributed by atoms with Crippen molar-refractivity contribution in [2.75, 3.05) is 17.6 Å². The minimum atomic E-state index is -2.94. The van der Waals surface area contributed by atoms with Gasteiger partial charge in [-0.25, -0.2) is 8.42 Å². The van der Waals surface area contributed by atoms with Gasteiger partial charge in [-0.15, -0.1) is 0 Å². The van der Waals surface area contributed by atoms with Crippen molar-refractivity contribution < 1.29 is 8.42 Å². The van der Waals surface area contributed by atoms with Gasteiger partial charge in [-0.2, -0.15) is 5.26 Å². The third-order valence-corrected chi connectivity index (χ3v) is 5.67. The van der Waals surface area contributed by atoms with Crippen LogP contribution in [0, 0.1) is 11.3 Å². The summed E-state index contributed by atoms with van der Waals surface area (Å²) in [5.41, 5.74) is 1.15. The molecule has 1 aromatic carbocycles. The maximum absolute atomic E-state index is 11.7. The molecule has 1 aromatic rings. The fourth-order valence-electron chi connectivity index (χ4n) is 2.04. The second-order valence-corrected chi connectivity index (χ2v) is 7.13. The highest BCUT2D eigenvalue weighted by Crippen LogP contribution is 2.25. The number of sulfone groups is 1. The molecule has 0 saturated carbocycles. The van der Waals surface area contributed by atoms with E-state index in [1.54, 1.807) is 18.2 Å². The van der Waals surface area contributed by atoms with Crippen LogP contribution in [-0.4, -0.2) is 26.0 Å². The Balaban J connectivity index is 2.05. The smallest absolute Gasteiger partial charge is 0.154 e. The number of nitriles is 1. The molecule has 1 heterocycles. The Hall–Kier alpha value is -1.25. The van der Waals surface area contributed by atoms with Gasteiger partial charge in [0, 0.05) is 6.54 Å². The van der Waals surface area contributed by atoms with Crippen molar-refractivity contribution in [1.29, 1.82) is 5.26 Å². The summed E-state index contributed by atoms with van der Waals surface area (Å²) in [6.45, 7) is 0.369. The van der Waals surface area contributed by atoms with Crippen LogP contribution in [0.25, 0.3) is 0 Å². The predicted molar refractivity (Wildman–Crippen MR) is 71.5 cm³/mol. The molecule has 1 aliphatic rings. The first-order chi connectivity index (χ1) is 8.53. The number of hydrogen-bond donors (Lipinski definition) is 1. The highest BCUT2D eigenvalue weighted by atomic mass is 35.5. The number of anilines is 1. The number of nitrogens with zero attached hydrogens (tertiary/aromatic N) is 1. The number of nitrogens with one attached hydrogen (secondary N) is 1. The van der Waals surface area contributed by atoms with E-state index in [0.29, 0.717) is 29.2 Å². The highest BCUT2D eigenvalue weighted by molar-refractivity contribution is 7.92. The van der Waals surface area contributed by atoms with E-state index in [0.717, 1.165) is 6.42 Å². The van der Waals surface area contributed by atoms with Crippen molar-refractivity contribution in [3.63, 3.8) is 0 Å². The molecule has 0 spiro atoms. The van der Waals surface area contributed by atoms with Gasteiger partial charge in [0.25, 0.3) is 0 Å². The maximum atomic E-state index is 11.7. The average molecular weight is 285 g/mol. The molecule has 1 unspecified atom stereocenters. The van der Waals surface area contributed by atoms with Gasteiger partial charge in [-0.1, -0.05) is 11.6 Å². The van der Waals surface area contributed by atoms with Gasteiger partial charge in [0.05, 0.1) is 33.3 Å². The zero-order chi connectivity index (χ0) is 13.2. The van der Waals surface area contributed by atoms with E-state index >= 15 is 0 Å². The third kappa shape index (κ3) is 2.77. The fourth-order valence-corrected chi connectivity index (χ4v) is 4.05. The standard InChI is InChI=1S/C12H13ClN2O2S/c13-11-6-9(7-14)3-4-12(11)15-8-10-2-1-5-18(10,16)17/h3-4,6,10,15H,1-2,5,8H2. The van der Waals surface area contributed by atoms with E-state index in [9.17, 15) is 8.42 Å². The summed E-state index contributed by atoms with van der Waals surface area (Å²) >= 11 is 6.00. The predicted octanol–water partition coefficient (Wildman–Crippen LogP) is 2.20. The second-order valence-electron chi connectivity index (χ2n) is 4.32. The number of halogens is 1. The molecule has 1 saturated heterocycles. The van der Waals surface area contributed by atoms with E-state index in [2.05, 4.69) is 5.32 Å². The lowest BCUT2D eigenvalue weighted by atomic mass is 10.2. The fraction of sp³-hybridized carbons (Fsp3) is 0.417. The minimum absolute atomic E-state index is 0.278. The molecule has 1 atom stereocenters. The summed E-state index contributed by atoms with van der Waals surface area (Å²) in [4.78, 5) is 0. The van der Waals surface area contributed by atoms with E-state index in [-0.39, 0.29) is 11.0 Å². The van der Waals surface area contributed by atoms with E-state index in [1.807, 2.05) is 6.07 Å². The Kier molecular flexibility index (Phi) is 3.79. The van der Waals surface area contributed by atoms with Crippen LogP contribution in [0.1, 0.15) is 18.4 Å². The zero-order valence-electron chi connectivity index (χ0n) is 9.69. The summed E-state index contributed by atoms with van der Waals surface area (Å²) in [7, 11) is -2.94. The SMILES string of the molecule is N#Cc1ccc(NCC2CCCS2(=O)=O)c(Cl)c1. The molecule has 6 heteroatoms. The molecule has 1 aliphatic heterocycles. The molecule has 0 radical (unpaired) electrons. The molecule has 2 rings (SSSR count). The Morgan fingerprint density at radius 1 is 1.50 bits per heavy atom. The topological polar surface area (TPSA) is 70.0 Å². The van der Waals surface area contributed by atoms with E-state index < -0.39 is 9.84 Å². The molecule has 1 fully saturated rings. The van der Waals surface area contributed by atoms with Gasteiger partial charge in [0.1, 0.15) is 0 Å². The van der Waals surface area contributed by atoms with Gasteiger partial charge < -0.3 is 5.32 Å². The highest BCUT2D eigenvalue weighted by Gasteiger charge is 2.30. The third-order valence-electron chi connectivity index (χ3n) is 3.08. The molecule has 4 nitrogen and oxygen atoms in total. The molecule has 18 heavy (non-hydrogen) atoms. The van der Waals surface area contributed by atoms with Crippen LogP contribution in [0.15, 0.2) is 18.2 Å². The molecule has 1 N–H and O–H groups in total. The zero-order valence-corrected chi connectivity index (χ0v) is 11.3. The van der Waals surface area contributed by atoms with Crippen LogP contribution in [0.2, 0.25) is 5.02 Å². The lowest BCUT2D eigenvalue weighted by Gasteiger charge is -2.13. The first kappa shape index (κ1) is 13.2. The average Bonchev–Trinajstić information content (AvgIpc) is 2.67. The van der Waals surface area contributed by atoms with Gasteiger partial charge in [0.2, 0.25) is 0 Å². The van der Waals surface area contributed by atoms with E-state index in [1.165, 1.54) is 0 Å². The molecular formula is C12H13ClN2O2S. The van der Waals surface area contributed by atoms with Crippen LogP contribution in [0.5, 0.6) is 0 Å². The van der Waals surface area contributed by atoms with Crippen LogP contribution in [-0.2, 0) is 9.84 Å². The Morgan fingerprint density at radius 2 is 2.28 bits per heavy atom. The van der Waals surface area contributed by atoms with Gasteiger partial charge >= 0.3 is 0 Å². The van der Waals surface area contributed by atoms with Crippen LogP contribution in [0.3, 0.4) is 0 Å². The second kappa shape index (κ2) is 5.17. The summed E-state index contributed by atoms with van der Waals surface area (Å²) in [6.07, 6.45) is 1.43. The van der Waals surface area contributed by atoms with Crippen molar-refractivity contribution in [2.45, 2.75) is 18.1 Å². The minimum Gasteiger partial charge on any atom is -0.383 e. The summed E-state index contributed by atoms with van der Waals surface area (Å²) in [5, 5.41) is 11.9. The van der Waals surface area contributed by atoms with Gasteiger partial charge in [-0.05, 0) is 31.0 Å². The lowest BCUT2D eigenvalue weighted by molar-refractivity contribution is 0.591. The molecular weight excluding hydrogens is 272 g/mol. The summed E-state index contributed by atoms with van der Waals surface area (Å²) < 4.78 is 23.3. The molecule has 0 aliphatic carbocycles. The van der Waals surface area contributed by atoms with Crippen LogP contribution < -0.4 is 5.32 Å². The van der Waals surface area contributed by atoms with Crippen LogP contribution in [0.4, 0.5) is 5.69 Å². The molecule has 0 amide bonds. The number of rotatable bonds is 3. The monoisotopic (exact) mass is 284 g/mol. The van der Waals surface area contributed by atoms with Crippen molar-refractivity contribution in [3.05, 3.63) is 28.8 Å². The van der Waals surface area contributed by atoms with Crippen molar-refractivity contribution in [1.82, 2.24) is 0 Å². The number of benzene rings is 1. The lowest BCUT2D eigenvalue weighted by Crippen LogP contribution is -2.25. The van der Waals surface area contributed by atoms with Gasteiger partial charge in [-0.3, -0.25) is 0 Å². The van der Waals surface area contributed by atoms with Crippen LogP contribution >= 0.6 is 11.6 Å². The normalized spacial score (nSPS) is 21.4. The first-order valence-electron chi connectivity index (χ1n) is 5.68. The maximum Gasteiger partial charge on any atom is 0.154 e. The Morgan fingerprint density at radius 3 is 2.83 bits per heavy atom. The van der Waals surface area contributed by atoms with E-state index in [4.69, 9.17) is 16.9 Å². The molecule has 0 aromatic heterocycles. The number of hydrogen-bond acceptors (Lipinski definition) is 4. The Labute approximate surface area is 111 Å². The summed E-state index contributed by atoms with van der Waals surface area (Å²) in [6, 6.07) is 6.91.